The van der Waals surface area contributed by atoms with Gasteiger partial charge in [-0.15, -0.1) is 0 Å². The van der Waals surface area contributed by atoms with Crippen molar-refractivity contribution >= 4 is 56.6 Å². The number of allylic oxidation sites excluding steroid dienone is 2. The van der Waals surface area contributed by atoms with E-state index in [0.29, 0.717) is 88.6 Å². The lowest BCUT2D eigenvalue weighted by Gasteiger charge is -2.26. The summed E-state index contributed by atoms with van der Waals surface area (Å²) in [4.78, 5) is 57.4. The third kappa shape index (κ3) is 7.40. The number of aromatic nitrogens is 8. The van der Waals surface area contributed by atoms with Crippen LogP contribution in [0.1, 0.15) is 68.8 Å². The number of nitrogens with one attached hydrogen (secondary N) is 2. The first-order valence-corrected chi connectivity index (χ1v) is 19.8. The van der Waals surface area contributed by atoms with Gasteiger partial charge in [0.2, 0.25) is 23.5 Å². The maximum atomic E-state index is 13.6. The molecule has 6 N–H and O–H groups in total. The molecule has 18 heteroatoms. The number of benzene rings is 2. The highest BCUT2D eigenvalue weighted by atomic mass is 16.5. The van der Waals surface area contributed by atoms with Gasteiger partial charge in [-0.2, -0.15) is 5.10 Å². The van der Waals surface area contributed by atoms with E-state index in [1.165, 1.54) is 13.2 Å². The van der Waals surface area contributed by atoms with Crippen LogP contribution in [0.15, 0.2) is 53.1 Å². The zero-order valence-electron chi connectivity index (χ0n) is 34.0. The molecule has 0 saturated carbocycles. The van der Waals surface area contributed by atoms with E-state index in [-0.39, 0.29) is 23.8 Å². The summed E-state index contributed by atoms with van der Waals surface area (Å²) in [6.07, 6.45) is 6.98. The van der Waals surface area contributed by atoms with Crippen LogP contribution in [0, 0.1) is 19.8 Å². The van der Waals surface area contributed by atoms with Crippen molar-refractivity contribution in [2.45, 2.75) is 60.2 Å². The van der Waals surface area contributed by atoms with Crippen molar-refractivity contribution in [3.63, 3.8) is 0 Å². The van der Waals surface area contributed by atoms with E-state index < -0.39 is 17.7 Å². The van der Waals surface area contributed by atoms with Crippen molar-refractivity contribution in [1.29, 1.82) is 0 Å². The summed E-state index contributed by atoms with van der Waals surface area (Å²) in [5.41, 5.74) is 16.4. The van der Waals surface area contributed by atoms with Gasteiger partial charge >= 0.3 is 0 Å². The van der Waals surface area contributed by atoms with Gasteiger partial charge in [-0.05, 0) is 76.0 Å². The van der Waals surface area contributed by atoms with Gasteiger partial charge in [-0.1, -0.05) is 19.1 Å². The molecule has 8 rings (SSSR count). The van der Waals surface area contributed by atoms with E-state index in [4.69, 9.17) is 40.3 Å². The molecule has 6 heterocycles. The van der Waals surface area contributed by atoms with Crippen LogP contribution < -0.4 is 31.6 Å². The molecular formula is C42H46N12O6. The summed E-state index contributed by atoms with van der Waals surface area (Å²) in [7, 11) is 1.48. The van der Waals surface area contributed by atoms with Crippen molar-refractivity contribution in [2.24, 2.45) is 17.4 Å². The largest absolute Gasteiger partial charge is 0.494 e. The second kappa shape index (κ2) is 16.3. The van der Waals surface area contributed by atoms with Gasteiger partial charge in [-0.25, -0.2) is 19.9 Å². The highest BCUT2D eigenvalue weighted by molar-refractivity contribution is 6.12. The number of fused-ring (bicyclic) bond motifs is 4. The molecule has 18 nitrogen and oxygen atoms in total. The van der Waals surface area contributed by atoms with E-state index >= 15 is 0 Å². The predicted molar refractivity (Wildman–Crippen MR) is 224 cm³/mol. The minimum absolute atomic E-state index is 0.0840. The first-order valence-electron chi connectivity index (χ1n) is 19.8. The first kappa shape index (κ1) is 39.7. The van der Waals surface area contributed by atoms with Crippen LogP contribution >= 0.6 is 0 Å². The van der Waals surface area contributed by atoms with Crippen molar-refractivity contribution in [3.8, 4) is 23.0 Å². The monoisotopic (exact) mass is 814 g/mol. The second-order valence-corrected chi connectivity index (χ2v) is 14.7. The summed E-state index contributed by atoms with van der Waals surface area (Å²) in [5, 5.41) is 12.2. The normalized spacial score (nSPS) is 13.2. The van der Waals surface area contributed by atoms with Gasteiger partial charge in [-0.3, -0.25) is 24.4 Å². The van der Waals surface area contributed by atoms with Crippen molar-refractivity contribution < 1.29 is 28.3 Å². The number of carbonyl (C=O) groups is 3. The van der Waals surface area contributed by atoms with Crippen LogP contribution in [0.25, 0.3) is 44.5 Å². The summed E-state index contributed by atoms with van der Waals surface area (Å²) in [6.45, 7) is 11.0. The highest BCUT2D eigenvalue weighted by Crippen LogP contribution is 2.37. The zero-order valence-corrected chi connectivity index (χ0v) is 34.0. The molecule has 1 saturated heterocycles. The molecule has 0 bridgehead atoms. The van der Waals surface area contributed by atoms with Gasteiger partial charge in [0.15, 0.2) is 11.7 Å². The van der Waals surface area contributed by atoms with Crippen LogP contribution in [0.5, 0.6) is 11.5 Å². The van der Waals surface area contributed by atoms with Crippen molar-refractivity contribution in [1.82, 2.24) is 44.2 Å². The Morgan fingerprint density at radius 1 is 0.933 bits per heavy atom. The lowest BCUT2D eigenvalue weighted by molar-refractivity contribution is 0.0987. The van der Waals surface area contributed by atoms with E-state index in [1.54, 1.807) is 35.9 Å². The fourth-order valence-electron chi connectivity index (χ4n) is 7.58. The number of hydrogen-bond acceptors (Lipinski definition) is 12. The molecule has 2 aromatic carbocycles. The molecule has 0 spiro atoms. The predicted octanol–water partition coefficient (Wildman–Crippen LogP) is 4.69. The van der Waals surface area contributed by atoms with E-state index in [9.17, 15) is 14.4 Å². The summed E-state index contributed by atoms with van der Waals surface area (Å²) >= 11 is 0. The summed E-state index contributed by atoms with van der Waals surface area (Å²) in [5.74, 6) is 0.721. The number of primary amides is 2. The zero-order chi connectivity index (χ0) is 42.2. The molecule has 0 radical (unpaired) electrons. The molecule has 1 aliphatic rings. The van der Waals surface area contributed by atoms with Crippen LogP contribution in [-0.2, 0) is 26.1 Å². The number of anilines is 1. The molecule has 0 atom stereocenters. The number of rotatable bonds is 16. The molecular weight excluding hydrogens is 769 g/mol. The van der Waals surface area contributed by atoms with Crippen LogP contribution in [0.2, 0.25) is 0 Å². The second-order valence-electron chi connectivity index (χ2n) is 14.7. The lowest BCUT2D eigenvalue weighted by atomic mass is 10.0. The van der Waals surface area contributed by atoms with E-state index in [2.05, 4.69) is 20.7 Å². The molecule has 5 aromatic heterocycles. The summed E-state index contributed by atoms with van der Waals surface area (Å²) in [6, 6.07) is 8.48. The molecule has 0 aliphatic carbocycles. The fraction of sp³-hybridized carbons (Fsp3) is 0.333. The number of carbonyl (C=O) groups excluding carboxylic acids is 3. The Kier molecular flexibility index (Phi) is 10.8. The Hall–Kier alpha value is -7.08. The van der Waals surface area contributed by atoms with Gasteiger partial charge < -0.3 is 39.8 Å². The minimum atomic E-state index is -0.654. The highest BCUT2D eigenvalue weighted by Gasteiger charge is 2.25. The van der Waals surface area contributed by atoms with Gasteiger partial charge in [0, 0.05) is 54.7 Å². The van der Waals surface area contributed by atoms with Crippen LogP contribution in [-0.4, -0.2) is 83.4 Å². The van der Waals surface area contributed by atoms with Gasteiger partial charge in [0.1, 0.15) is 28.4 Å². The molecule has 3 amide bonds. The minimum Gasteiger partial charge on any atom is -0.494 e. The number of nitrogens with zero attached hydrogens (tertiary/aromatic N) is 8. The van der Waals surface area contributed by atoms with Crippen LogP contribution in [0.4, 0.5) is 5.95 Å². The quantitative estimate of drug-likeness (QED) is 0.0973. The average molecular weight is 815 g/mol. The first-order chi connectivity index (χ1) is 29.0. The summed E-state index contributed by atoms with van der Waals surface area (Å²) < 4.78 is 23.5. The van der Waals surface area contributed by atoms with Crippen molar-refractivity contribution in [3.05, 3.63) is 82.8 Å². The molecule has 310 valence electrons. The number of aryl methyl sites for hydroxylation is 4. The SMILES string of the molecule is CCc1nc(C)oc1C(=O)Nc1nc2cc(C(N)=O)cc(OC)c2n1C/C=C/Cn1c2nc(-c3cc(C)nn3CC)ncc2c2cc(C(N)=O)cc(OCCC3CNC3)c21. The Labute approximate surface area is 343 Å². The molecule has 1 fully saturated rings. The molecule has 60 heavy (non-hydrogen) atoms. The third-order valence-electron chi connectivity index (χ3n) is 10.6. The standard InChI is InChI=1S/C42H46N12O6/c1-6-29-36(60-23(4)47-29)41(57)50-42-48-30-16-26(38(44)56)17-32(58-5)35(30)53(42)12-9-8-11-52-34-27(15-25(37(43)55)18-33(34)59-13-10-24-19-45-20-24)28-21-46-39(49-40(28)52)31-14-22(3)51-54(31)7-2/h8-9,14-18,21,24,45H,6-7,10-13,19-20H2,1-5H3,(H2,43,55)(H2,44,56)(H,48,50,57)/b9-8+. The Morgan fingerprint density at radius 2 is 1.67 bits per heavy atom. The average Bonchev–Trinajstić information content (AvgIpc) is 3.97. The van der Waals surface area contributed by atoms with E-state index in [1.807, 2.05) is 48.2 Å². The fourth-order valence-corrected chi connectivity index (χ4v) is 7.58. The van der Waals surface area contributed by atoms with Gasteiger partial charge in [0.25, 0.3) is 5.91 Å². The molecule has 0 unspecified atom stereocenters. The van der Waals surface area contributed by atoms with E-state index in [0.717, 1.165) is 41.8 Å². The Morgan fingerprint density at radius 3 is 2.35 bits per heavy atom. The number of imidazole rings is 1. The number of amides is 3. The Balaban J connectivity index is 1.22. The smallest absolute Gasteiger partial charge is 0.295 e. The number of nitrogens with two attached hydrogens (primary N) is 2. The number of hydrogen-bond donors (Lipinski definition) is 4. The molecule has 7 aromatic rings. The maximum Gasteiger partial charge on any atom is 0.295 e. The third-order valence-corrected chi connectivity index (χ3v) is 10.6. The van der Waals surface area contributed by atoms with Crippen molar-refractivity contribution in [2.75, 3.05) is 32.1 Å². The maximum absolute atomic E-state index is 13.6. The number of methoxy groups -OCH3 is 1. The van der Waals surface area contributed by atoms with Gasteiger partial charge in [0.05, 0.1) is 36.1 Å². The number of ether oxygens (including phenoxy) is 2. The molecule has 1 aliphatic heterocycles. The topological polar surface area (TPSA) is 238 Å². The van der Waals surface area contributed by atoms with Crippen LogP contribution in [0.3, 0.4) is 0 Å². The lowest BCUT2D eigenvalue weighted by Crippen LogP contribution is -2.42. The Bertz CT molecular complexity index is 2840. The number of oxazole rings is 1.